The number of methoxy groups -OCH3 is 1. The molecule has 0 saturated heterocycles. The monoisotopic (exact) mass is 331 g/mol. The first-order chi connectivity index (χ1) is 12.2. The molecule has 0 aliphatic heterocycles. The van der Waals surface area contributed by atoms with Crippen molar-refractivity contribution in [2.75, 3.05) is 12.8 Å². The molecule has 0 fully saturated rings. The molecule has 1 heterocycles. The Bertz CT molecular complexity index is 953. The second kappa shape index (κ2) is 6.93. The lowest BCUT2D eigenvalue weighted by Crippen LogP contribution is -2.12. The maximum Gasteiger partial charge on any atom is 0.357 e. The maximum atomic E-state index is 12.2. The van der Waals surface area contributed by atoms with Gasteiger partial charge in [-0.05, 0) is 23.6 Å². The minimum absolute atomic E-state index is 0.129. The molecular formula is C20H17N3O2. The van der Waals surface area contributed by atoms with Crippen molar-refractivity contribution in [1.82, 2.24) is 4.57 Å². The Balaban J connectivity index is 2.15. The van der Waals surface area contributed by atoms with Crippen LogP contribution in [0.1, 0.15) is 27.2 Å². The summed E-state index contributed by atoms with van der Waals surface area (Å²) < 4.78 is 6.48. The molecule has 0 radical (unpaired) electrons. The number of nitrogens with two attached hydrogens (primary N) is 1. The van der Waals surface area contributed by atoms with Crippen LogP contribution in [0.4, 0.5) is 5.69 Å². The first kappa shape index (κ1) is 16.3. The highest BCUT2D eigenvalue weighted by Crippen LogP contribution is 2.27. The summed E-state index contributed by atoms with van der Waals surface area (Å²) in [6.45, 7) is 0. The third-order valence-electron chi connectivity index (χ3n) is 4.03. The summed E-state index contributed by atoms with van der Waals surface area (Å²) >= 11 is 0. The predicted molar refractivity (Wildman–Crippen MR) is 95.5 cm³/mol. The molecule has 0 amide bonds. The zero-order chi connectivity index (χ0) is 17.8. The average Bonchev–Trinajstić information content (AvgIpc) is 2.98. The number of carbonyl (C=O) groups is 1. The van der Waals surface area contributed by atoms with Crippen LogP contribution in [-0.2, 0) is 11.2 Å². The lowest BCUT2D eigenvalue weighted by Gasteiger charge is -2.13. The molecule has 0 aliphatic carbocycles. The zero-order valence-corrected chi connectivity index (χ0v) is 13.8. The molecule has 3 aromatic rings. The van der Waals surface area contributed by atoms with Crippen molar-refractivity contribution < 1.29 is 9.53 Å². The van der Waals surface area contributed by atoms with Gasteiger partial charge in [-0.25, -0.2) is 4.79 Å². The number of aromatic nitrogens is 1. The fraction of sp³-hybridized carbons (Fsp3) is 0.100. The molecule has 1 aromatic heterocycles. The van der Waals surface area contributed by atoms with Crippen molar-refractivity contribution in [3.8, 4) is 11.8 Å². The van der Waals surface area contributed by atoms with Crippen molar-refractivity contribution in [2.24, 2.45) is 0 Å². The van der Waals surface area contributed by atoms with E-state index in [2.05, 4.69) is 0 Å². The molecule has 0 unspecified atom stereocenters. The summed E-state index contributed by atoms with van der Waals surface area (Å²) in [4.78, 5) is 12.2. The van der Waals surface area contributed by atoms with Crippen LogP contribution in [0, 0.1) is 11.3 Å². The van der Waals surface area contributed by atoms with E-state index in [0.717, 1.165) is 16.8 Å². The minimum Gasteiger partial charge on any atom is -0.464 e. The molecule has 25 heavy (non-hydrogen) atoms. The van der Waals surface area contributed by atoms with Crippen LogP contribution in [0.15, 0.2) is 60.8 Å². The van der Waals surface area contributed by atoms with E-state index in [1.54, 1.807) is 10.8 Å². The van der Waals surface area contributed by atoms with Crippen molar-refractivity contribution >= 4 is 11.7 Å². The zero-order valence-electron chi connectivity index (χ0n) is 13.8. The van der Waals surface area contributed by atoms with Crippen molar-refractivity contribution in [2.45, 2.75) is 6.42 Å². The standard InChI is InChI=1S/C20H17N3O2/c1-25-20(24)19-18(22)16(12-21)13-23(19)17-10-6-5-9-15(17)11-14-7-3-2-4-8-14/h2-10,13H,11,22H2,1H3. The molecule has 5 nitrogen and oxygen atoms in total. The number of nitrogen functional groups attached to an aromatic ring is 1. The molecule has 0 aliphatic rings. The van der Waals surface area contributed by atoms with E-state index >= 15 is 0 Å². The summed E-state index contributed by atoms with van der Waals surface area (Å²) in [5.41, 5.74) is 9.48. The van der Waals surface area contributed by atoms with E-state index in [0.29, 0.717) is 6.42 Å². The Morgan fingerprint density at radius 2 is 1.84 bits per heavy atom. The summed E-state index contributed by atoms with van der Waals surface area (Å²) in [6, 6.07) is 19.8. The Morgan fingerprint density at radius 3 is 2.52 bits per heavy atom. The van der Waals surface area contributed by atoms with Crippen LogP contribution in [-0.4, -0.2) is 17.6 Å². The first-order valence-electron chi connectivity index (χ1n) is 7.77. The van der Waals surface area contributed by atoms with E-state index in [1.807, 2.05) is 60.7 Å². The van der Waals surface area contributed by atoms with Gasteiger partial charge in [-0.3, -0.25) is 0 Å². The number of benzene rings is 2. The smallest absolute Gasteiger partial charge is 0.357 e. The van der Waals surface area contributed by atoms with Crippen LogP contribution >= 0.6 is 0 Å². The molecule has 5 heteroatoms. The lowest BCUT2D eigenvalue weighted by atomic mass is 10.0. The van der Waals surface area contributed by atoms with Crippen molar-refractivity contribution in [3.63, 3.8) is 0 Å². The van der Waals surface area contributed by atoms with Gasteiger partial charge in [0.1, 0.15) is 6.07 Å². The number of carbonyl (C=O) groups excluding carboxylic acids is 1. The summed E-state index contributed by atoms with van der Waals surface area (Å²) in [5.74, 6) is -0.575. The number of nitrogens with zero attached hydrogens (tertiary/aromatic N) is 2. The van der Waals surface area contributed by atoms with Crippen LogP contribution in [0.5, 0.6) is 0 Å². The van der Waals surface area contributed by atoms with Gasteiger partial charge in [0.2, 0.25) is 0 Å². The second-order valence-electron chi connectivity index (χ2n) is 5.57. The largest absolute Gasteiger partial charge is 0.464 e. The Kier molecular flexibility index (Phi) is 4.53. The first-order valence-corrected chi connectivity index (χ1v) is 7.77. The third-order valence-corrected chi connectivity index (χ3v) is 4.03. The maximum absolute atomic E-state index is 12.2. The number of rotatable bonds is 4. The Morgan fingerprint density at radius 1 is 1.16 bits per heavy atom. The number of hydrogen-bond acceptors (Lipinski definition) is 4. The van der Waals surface area contributed by atoms with Gasteiger partial charge < -0.3 is 15.0 Å². The van der Waals surface area contributed by atoms with Gasteiger partial charge in [0.05, 0.1) is 18.4 Å². The number of ether oxygens (including phenoxy) is 1. The molecule has 0 spiro atoms. The number of hydrogen-bond donors (Lipinski definition) is 1. The van der Waals surface area contributed by atoms with Gasteiger partial charge >= 0.3 is 5.97 Å². The van der Waals surface area contributed by atoms with Gasteiger partial charge in [-0.1, -0.05) is 48.5 Å². The fourth-order valence-corrected chi connectivity index (χ4v) is 2.82. The third kappa shape index (κ3) is 3.10. The minimum atomic E-state index is -0.575. The highest BCUT2D eigenvalue weighted by atomic mass is 16.5. The highest BCUT2D eigenvalue weighted by Gasteiger charge is 2.22. The van der Waals surface area contributed by atoms with E-state index in [1.165, 1.54) is 7.11 Å². The van der Waals surface area contributed by atoms with Crippen LogP contribution < -0.4 is 5.73 Å². The normalized spacial score (nSPS) is 10.2. The van der Waals surface area contributed by atoms with Crippen molar-refractivity contribution in [1.29, 1.82) is 5.26 Å². The van der Waals surface area contributed by atoms with Gasteiger partial charge in [0, 0.05) is 11.9 Å². The van der Waals surface area contributed by atoms with Crippen LogP contribution in [0.2, 0.25) is 0 Å². The second-order valence-corrected chi connectivity index (χ2v) is 5.57. The topological polar surface area (TPSA) is 81.0 Å². The van der Waals surface area contributed by atoms with Gasteiger partial charge in [-0.15, -0.1) is 0 Å². The van der Waals surface area contributed by atoms with Crippen molar-refractivity contribution in [3.05, 3.63) is 83.2 Å². The lowest BCUT2D eigenvalue weighted by molar-refractivity contribution is 0.0593. The summed E-state index contributed by atoms with van der Waals surface area (Å²) in [7, 11) is 1.29. The van der Waals surface area contributed by atoms with E-state index in [9.17, 15) is 10.1 Å². The molecule has 0 saturated carbocycles. The molecule has 0 atom stereocenters. The number of nitriles is 1. The fourth-order valence-electron chi connectivity index (χ4n) is 2.82. The SMILES string of the molecule is COC(=O)c1c(N)c(C#N)cn1-c1ccccc1Cc1ccccc1. The molecular weight excluding hydrogens is 314 g/mol. The van der Waals surface area contributed by atoms with E-state index in [-0.39, 0.29) is 16.9 Å². The summed E-state index contributed by atoms with van der Waals surface area (Å²) in [6.07, 6.45) is 2.27. The van der Waals surface area contributed by atoms with Gasteiger partial charge in [0.15, 0.2) is 5.69 Å². The average molecular weight is 331 g/mol. The highest BCUT2D eigenvalue weighted by molar-refractivity contribution is 5.96. The van der Waals surface area contributed by atoms with E-state index < -0.39 is 5.97 Å². The quantitative estimate of drug-likeness (QED) is 0.744. The van der Waals surface area contributed by atoms with Crippen LogP contribution in [0.25, 0.3) is 5.69 Å². The van der Waals surface area contributed by atoms with E-state index in [4.69, 9.17) is 10.5 Å². The molecule has 2 aromatic carbocycles. The number of esters is 1. The number of para-hydroxylation sites is 1. The van der Waals surface area contributed by atoms with Gasteiger partial charge in [0.25, 0.3) is 0 Å². The Hall–Kier alpha value is -3.52. The predicted octanol–water partition coefficient (Wildman–Crippen LogP) is 3.31. The molecule has 124 valence electrons. The summed E-state index contributed by atoms with van der Waals surface area (Å²) in [5, 5.41) is 9.27. The Labute approximate surface area is 145 Å². The van der Waals surface area contributed by atoms with Gasteiger partial charge in [-0.2, -0.15) is 5.26 Å². The molecule has 2 N–H and O–H groups in total. The molecule has 3 rings (SSSR count). The van der Waals surface area contributed by atoms with Crippen LogP contribution in [0.3, 0.4) is 0 Å². The molecule has 0 bridgehead atoms. The number of anilines is 1.